The summed E-state index contributed by atoms with van der Waals surface area (Å²) >= 11 is 6.00. The van der Waals surface area contributed by atoms with E-state index in [1.807, 2.05) is 12.1 Å². The highest BCUT2D eigenvalue weighted by Gasteiger charge is 2.24. The van der Waals surface area contributed by atoms with Crippen LogP contribution in [0.3, 0.4) is 0 Å². The van der Waals surface area contributed by atoms with Gasteiger partial charge in [0.05, 0.1) is 0 Å². The van der Waals surface area contributed by atoms with Crippen LogP contribution in [0, 0.1) is 5.92 Å². The average Bonchev–Trinajstić information content (AvgIpc) is 2.76. The Bertz CT molecular complexity index is 856. The van der Waals surface area contributed by atoms with E-state index in [-0.39, 0.29) is 0 Å². The summed E-state index contributed by atoms with van der Waals surface area (Å²) in [6.45, 7) is 2.39. The van der Waals surface area contributed by atoms with E-state index >= 15 is 0 Å². The van der Waals surface area contributed by atoms with Crippen LogP contribution in [-0.2, 0) is 0 Å². The maximum absolute atomic E-state index is 6.00. The normalized spacial score (nSPS) is 20.6. The van der Waals surface area contributed by atoms with Gasteiger partial charge in [0.1, 0.15) is 0 Å². The van der Waals surface area contributed by atoms with Crippen LogP contribution in [0.1, 0.15) is 62.0 Å². The molecule has 0 radical (unpaired) electrons. The van der Waals surface area contributed by atoms with E-state index in [1.54, 1.807) is 0 Å². The lowest BCUT2D eigenvalue weighted by Gasteiger charge is -2.30. The molecule has 1 fully saturated rings. The smallest absolute Gasteiger partial charge is 0.0406 e. The van der Waals surface area contributed by atoms with Gasteiger partial charge in [-0.3, -0.25) is 0 Å². The minimum Gasteiger partial charge on any atom is -0.0843 e. The van der Waals surface area contributed by atoms with Crippen LogP contribution in [0.25, 0.3) is 11.1 Å². The van der Waals surface area contributed by atoms with Gasteiger partial charge in [-0.25, -0.2) is 0 Å². The summed E-state index contributed by atoms with van der Waals surface area (Å²) in [5.41, 5.74) is 5.50. The minimum atomic E-state index is 0.668. The van der Waals surface area contributed by atoms with Crippen LogP contribution in [0.5, 0.6) is 0 Å². The van der Waals surface area contributed by atoms with Crippen molar-refractivity contribution in [3.05, 3.63) is 95.0 Å². The molecule has 0 amide bonds. The van der Waals surface area contributed by atoms with E-state index in [0.717, 1.165) is 16.9 Å². The van der Waals surface area contributed by atoms with Crippen molar-refractivity contribution in [3.63, 3.8) is 0 Å². The third kappa shape index (κ3) is 4.67. The summed E-state index contributed by atoms with van der Waals surface area (Å²) in [7, 11) is 0. The Kier molecular flexibility index (Phi) is 6.17. The molecular formula is C27H29Cl. The number of benzene rings is 3. The first-order valence-electron chi connectivity index (χ1n) is 10.6. The van der Waals surface area contributed by atoms with Crippen molar-refractivity contribution in [1.82, 2.24) is 0 Å². The molecule has 28 heavy (non-hydrogen) atoms. The lowest BCUT2D eigenvalue weighted by atomic mass is 9.75. The molecule has 3 aromatic rings. The Morgan fingerprint density at radius 1 is 0.750 bits per heavy atom. The van der Waals surface area contributed by atoms with Crippen molar-refractivity contribution in [2.45, 2.75) is 50.9 Å². The molecule has 0 spiro atoms. The third-order valence-corrected chi connectivity index (χ3v) is 6.71. The molecule has 1 saturated carbocycles. The monoisotopic (exact) mass is 388 g/mol. The van der Waals surface area contributed by atoms with E-state index < -0.39 is 0 Å². The molecule has 0 nitrogen and oxygen atoms in total. The molecule has 0 aromatic heterocycles. The SMILES string of the molecule is C[C@@H](CC1CCC(c2ccc(-c3ccc(Cl)cc3)cc2)CC1)c1ccccc1. The highest BCUT2D eigenvalue weighted by atomic mass is 35.5. The Morgan fingerprint density at radius 2 is 1.32 bits per heavy atom. The Balaban J connectivity index is 1.33. The Morgan fingerprint density at radius 3 is 1.93 bits per heavy atom. The topological polar surface area (TPSA) is 0 Å². The molecule has 1 aliphatic carbocycles. The van der Waals surface area contributed by atoms with Gasteiger partial charge in [0, 0.05) is 5.02 Å². The second kappa shape index (κ2) is 8.97. The summed E-state index contributed by atoms with van der Waals surface area (Å²) in [6, 6.07) is 28.3. The number of rotatable bonds is 5. The van der Waals surface area contributed by atoms with Crippen molar-refractivity contribution in [3.8, 4) is 11.1 Å². The summed E-state index contributed by atoms with van der Waals surface area (Å²) in [6.07, 6.45) is 6.70. The minimum absolute atomic E-state index is 0.668. The van der Waals surface area contributed by atoms with Crippen LogP contribution in [0.4, 0.5) is 0 Å². The zero-order valence-electron chi connectivity index (χ0n) is 16.7. The molecule has 0 bridgehead atoms. The summed E-state index contributed by atoms with van der Waals surface area (Å²) in [4.78, 5) is 0. The maximum Gasteiger partial charge on any atom is 0.0406 e. The van der Waals surface area contributed by atoms with Gasteiger partial charge in [0.25, 0.3) is 0 Å². The first-order chi connectivity index (χ1) is 13.7. The third-order valence-electron chi connectivity index (χ3n) is 6.46. The van der Waals surface area contributed by atoms with Crippen molar-refractivity contribution in [2.24, 2.45) is 5.92 Å². The van der Waals surface area contributed by atoms with Gasteiger partial charge in [0.2, 0.25) is 0 Å². The number of hydrogen-bond acceptors (Lipinski definition) is 0. The Hall–Kier alpha value is -2.05. The van der Waals surface area contributed by atoms with Crippen LogP contribution >= 0.6 is 11.6 Å². The lowest BCUT2D eigenvalue weighted by Crippen LogP contribution is -2.15. The molecule has 1 atom stereocenters. The highest BCUT2D eigenvalue weighted by Crippen LogP contribution is 2.40. The lowest BCUT2D eigenvalue weighted by molar-refractivity contribution is 0.297. The van der Waals surface area contributed by atoms with Gasteiger partial charge in [0.15, 0.2) is 0 Å². The molecule has 3 aromatic carbocycles. The molecule has 0 N–H and O–H groups in total. The van der Waals surface area contributed by atoms with E-state index in [0.29, 0.717) is 5.92 Å². The van der Waals surface area contributed by atoms with Crippen LogP contribution in [0.2, 0.25) is 5.02 Å². The molecule has 0 unspecified atom stereocenters. The zero-order valence-corrected chi connectivity index (χ0v) is 17.4. The fourth-order valence-corrected chi connectivity index (χ4v) is 4.87. The van der Waals surface area contributed by atoms with E-state index in [4.69, 9.17) is 11.6 Å². The fraction of sp³-hybridized carbons (Fsp3) is 0.333. The van der Waals surface area contributed by atoms with Crippen molar-refractivity contribution in [2.75, 3.05) is 0 Å². The van der Waals surface area contributed by atoms with E-state index in [2.05, 4.69) is 73.7 Å². The average molecular weight is 389 g/mol. The summed E-state index contributed by atoms with van der Waals surface area (Å²) in [5, 5.41) is 0.790. The molecule has 4 rings (SSSR count). The van der Waals surface area contributed by atoms with Crippen LogP contribution in [0.15, 0.2) is 78.9 Å². The predicted octanol–water partition coefficient (Wildman–Crippen LogP) is 8.47. The van der Waals surface area contributed by atoms with Crippen LogP contribution < -0.4 is 0 Å². The fourth-order valence-electron chi connectivity index (χ4n) is 4.74. The van der Waals surface area contributed by atoms with E-state index in [9.17, 15) is 0 Å². The standard InChI is InChI=1S/C27H29Cl/c1-20(22-5-3-2-4-6-22)19-21-7-9-23(10-8-21)24-11-13-25(14-12-24)26-15-17-27(28)18-16-26/h2-6,11-18,20-21,23H,7-10,19H2,1H3/t20-,21?,23?/m0/s1. The Labute approximate surface area is 174 Å². The molecule has 0 heterocycles. The van der Waals surface area contributed by atoms with Gasteiger partial charge in [-0.1, -0.05) is 85.3 Å². The first kappa shape index (κ1) is 19.3. The highest BCUT2D eigenvalue weighted by molar-refractivity contribution is 6.30. The van der Waals surface area contributed by atoms with Gasteiger partial charge < -0.3 is 0 Å². The number of hydrogen-bond donors (Lipinski definition) is 0. The second-order valence-electron chi connectivity index (χ2n) is 8.39. The predicted molar refractivity (Wildman–Crippen MR) is 121 cm³/mol. The van der Waals surface area contributed by atoms with Crippen molar-refractivity contribution in [1.29, 1.82) is 0 Å². The second-order valence-corrected chi connectivity index (χ2v) is 8.83. The molecular weight excluding hydrogens is 360 g/mol. The molecule has 144 valence electrons. The van der Waals surface area contributed by atoms with Gasteiger partial charge in [-0.05, 0) is 84.2 Å². The summed E-state index contributed by atoms with van der Waals surface area (Å²) < 4.78 is 0. The molecule has 1 aliphatic rings. The van der Waals surface area contributed by atoms with Crippen LogP contribution in [-0.4, -0.2) is 0 Å². The molecule has 0 saturated heterocycles. The van der Waals surface area contributed by atoms with Gasteiger partial charge in [-0.15, -0.1) is 0 Å². The zero-order chi connectivity index (χ0) is 19.3. The largest absolute Gasteiger partial charge is 0.0843 e. The molecule has 0 aliphatic heterocycles. The van der Waals surface area contributed by atoms with E-state index in [1.165, 1.54) is 54.4 Å². The quantitative estimate of drug-likeness (QED) is 0.411. The molecule has 1 heteroatoms. The maximum atomic E-state index is 6.00. The number of halogens is 1. The first-order valence-corrected chi connectivity index (χ1v) is 11.0. The van der Waals surface area contributed by atoms with Gasteiger partial charge >= 0.3 is 0 Å². The van der Waals surface area contributed by atoms with Gasteiger partial charge in [-0.2, -0.15) is 0 Å². The summed E-state index contributed by atoms with van der Waals surface area (Å²) in [5.74, 6) is 2.27. The van der Waals surface area contributed by atoms with Crippen molar-refractivity contribution < 1.29 is 0 Å². The van der Waals surface area contributed by atoms with Crippen molar-refractivity contribution >= 4 is 11.6 Å².